The summed E-state index contributed by atoms with van der Waals surface area (Å²) in [5.41, 5.74) is 2.37. The molecule has 1 heterocycles. The first-order valence-electron chi connectivity index (χ1n) is 9.56. The van der Waals surface area contributed by atoms with Crippen LogP contribution < -0.4 is 0 Å². The van der Waals surface area contributed by atoms with E-state index in [0.29, 0.717) is 19.8 Å². The van der Waals surface area contributed by atoms with Gasteiger partial charge in [0.1, 0.15) is 6.29 Å². The first kappa shape index (κ1) is 17.4. The van der Waals surface area contributed by atoms with Crippen LogP contribution >= 0.6 is 0 Å². The van der Waals surface area contributed by atoms with E-state index in [9.17, 15) is 4.79 Å². The van der Waals surface area contributed by atoms with Gasteiger partial charge < -0.3 is 14.3 Å². The zero-order chi connectivity index (χ0) is 17.8. The van der Waals surface area contributed by atoms with Crippen LogP contribution in [-0.4, -0.2) is 25.6 Å². The minimum absolute atomic E-state index is 0.0100. The highest BCUT2D eigenvalue weighted by atomic mass is 16.5. The molecule has 1 aliphatic carbocycles. The van der Waals surface area contributed by atoms with E-state index >= 15 is 0 Å². The van der Waals surface area contributed by atoms with Crippen LogP contribution in [0.5, 0.6) is 0 Å². The Morgan fingerprint density at radius 1 is 1.04 bits per heavy atom. The molecule has 0 bridgehead atoms. The van der Waals surface area contributed by atoms with Crippen molar-refractivity contribution in [2.75, 3.05) is 13.2 Å². The number of carbonyl (C=O) groups excluding carboxylic acids is 1. The molecular weight excluding hydrogens is 324 g/mol. The maximum atomic E-state index is 12.0. The molecule has 3 atom stereocenters. The molecule has 2 aromatic carbocycles. The Morgan fingerprint density at radius 2 is 1.73 bits per heavy atom. The molecular formula is C23H26O3. The SMILES string of the molecule is O=C[C@@H]1[C@@H](c2ccccc2)CO[C@@H]1C1(COCc2ccccc2)CCC1. The van der Waals surface area contributed by atoms with Crippen molar-refractivity contribution in [3.8, 4) is 0 Å². The van der Waals surface area contributed by atoms with E-state index in [1.807, 2.05) is 36.4 Å². The number of benzene rings is 2. The third-order valence-corrected chi connectivity index (χ3v) is 6.11. The van der Waals surface area contributed by atoms with Gasteiger partial charge in [-0.2, -0.15) is 0 Å². The Balaban J connectivity index is 1.44. The van der Waals surface area contributed by atoms with Gasteiger partial charge in [0.25, 0.3) is 0 Å². The molecule has 3 nitrogen and oxygen atoms in total. The molecule has 26 heavy (non-hydrogen) atoms. The summed E-state index contributed by atoms with van der Waals surface area (Å²) < 4.78 is 12.3. The molecule has 2 aliphatic rings. The van der Waals surface area contributed by atoms with Gasteiger partial charge in [-0.05, 0) is 24.0 Å². The highest BCUT2D eigenvalue weighted by Crippen LogP contribution is 2.52. The summed E-state index contributed by atoms with van der Waals surface area (Å²) >= 11 is 0. The zero-order valence-corrected chi connectivity index (χ0v) is 15.1. The van der Waals surface area contributed by atoms with E-state index < -0.39 is 0 Å². The summed E-state index contributed by atoms with van der Waals surface area (Å²) in [5, 5.41) is 0. The molecule has 0 N–H and O–H groups in total. The minimum Gasteiger partial charge on any atom is -0.376 e. The lowest BCUT2D eigenvalue weighted by Crippen LogP contribution is -2.48. The van der Waals surface area contributed by atoms with Gasteiger partial charge in [-0.15, -0.1) is 0 Å². The molecule has 136 valence electrons. The molecule has 0 radical (unpaired) electrons. The van der Waals surface area contributed by atoms with Crippen LogP contribution in [-0.2, 0) is 20.9 Å². The Kier molecular flexibility index (Phi) is 5.18. The van der Waals surface area contributed by atoms with E-state index in [4.69, 9.17) is 9.47 Å². The number of hydrogen-bond donors (Lipinski definition) is 0. The minimum atomic E-state index is -0.0852. The highest BCUT2D eigenvalue weighted by Gasteiger charge is 2.53. The molecule has 0 amide bonds. The monoisotopic (exact) mass is 350 g/mol. The molecule has 0 unspecified atom stereocenters. The van der Waals surface area contributed by atoms with Crippen LogP contribution in [0.4, 0.5) is 0 Å². The fourth-order valence-corrected chi connectivity index (χ4v) is 4.50. The van der Waals surface area contributed by atoms with Crippen molar-refractivity contribution in [2.24, 2.45) is 11.3 Å². The number of aldehydes is 1. The number of carbonyl (C=O) groups is 1. The van der Waals surface area contributed by atoms with Crippen molar-refractivity contribution in [1.29, 1.82) is 0 Å². The second-order valence-corrected chi connectivity index (χ2v) is 7.68. The summed E-state index contributed by atoms with van der Waals surface area (Å²) in [5.74, 6) is 0.0725. The molecule has 1 saturated carbocycles. The summed E-state index contributed by atoms with van der Waals surface area (Å²) in [6.45, 7) is 1.90. The molecule has 2 aromatic rings. The maximum absolute atomic E-state index is 12.0. The average molecular weight is 350 g/mol. The second-order valence-electron chi connectivity index (χ2n) is 7.68. The summed E-state index contributed by atoms with van der Waals surface area (Å²) in [6, 6.07) is 20.5. The van der Waals surface area contributed by atoms with Gasteiger partial charge in [0.15, 0.2) is 0 Å². The first-order valence-corrected chi connectivity index (χ1v) is 9.56. The molecule has 1 saturated heterocycles. The van der Waals surface area contributed by atoms with Crippen molar-refractivity contribution in [2.45, 2.75) is 37.9 Å². The molecule has 0 spiro atoms. The third kappa shape index (κ3) is 3.34. The van der Waals surface area contributed by atoms with Gasteiger partial charge in [0.05, 0.1) is 31.8 Å². The molecule has 2 fully saturated rings. The lowest BCUT2D eigenvalue weighted by atomic mass is 9.62. The van der Waals surface area contributed by atoms with Crippen LogP contribution in [0.25, 0.3) is 0 Å². The van der Waals surface area contributed by atoms with Gasteiger partial charge in [0.2, 0.25) is 0 Å². The van der Waals surface area contributed by atoms with Crippen molar-refractivity contribution >= 4 is 6.29 Å². The topological polar surface area (TPSA) is 35.5 Å². The van der Waals surface area contributed by atoms with E-state index in [1.54, 1.807) is 0 Å². The number of hydrogen-bond acceptors (Lipinski definition) is 3. The Morgan fingerprint density at radius 3 is 2.35 bits per heavy atom. The Labute approximate surface area is 155 Å². The van der Waals surface area contributed by atoms with Crippen LogP contribution in [0, 0.1) is 11.3 Å². The summed E-state index contributed by atoms with van der Waals surface area (Å²) in [4.78, 5) is 12.0. The van der Waals surface area contributed by atoms with E-state index in [0.717, 1.165) is 19.1 Å². The van der Waals surface area contributed by atoms with Crippen LogP contribution in [0.2, 0.25) is 0 Å². The van der Waals surface area contributed by atoms with Crippen LogP contribution in [0.3, 0.4) is 0 Å². The predicted molar refractivity (Wildman–Crippen MR) is 101 cm³/mol. The molecule has 1 aliphatic heterocycles. The normalized spacial score (nSPS) is 27.0. The van der Waals surface area contributed by atoms with Gasteiger partial charge in [-0.25, -0.2) is 0 Å². The summed E-state index contributed by atoms with van der Waals surface area (Å²) in [6.07, 6.45) is 4.44. The van der Waals surface area contributed by atoms with Crippen molar-refractivity contribution < 1.29 is 14.3 Å². The maximum Gasteiger partial charge on any atom is 0.126 e. The Bertz CT molecular complexity index is 709. The Hall–Kier alpha value is -1.97. The molecule has 3 heteroatoms. The van der Waals surface area contributed by atoms with E-state index in [-0.39, 0.29) is 23.4 Å². The third-order valence-electron chi connectivity index (χ3n) is 6.11. The van der Waals surface area contributed by atoms with E-state index in [1.165, 1.54) is 17.5 Å². The zero-order valence-electron chi connectivity index (χ0n) is 15.1. The first-order chi connectivity index (χ1) is 12.8. The van der Waals surface area contributed by atoms with Gasteiger partial charge in [-0.1, -0.05) is 67.1 Å². The van der Waals surface area contributed by atoms with Crippen molar-refractivity contribution in [1.82, 2.24) is 0 Å². The lowest BCUT2D eigenvalue weighted by molar-refractivity contribution is -0.130. The van der Waals surface area contributed by atoms with Crippen molar-refractivity contribution in [3.05, 3.63) is 71.8 Å². The highest BCUT2D eigenvalue weighted by molar-refractivity contribution is 5.58. The van der Waals surface area contributed by atoms with Crippen LogP contribution in [0.15, 0.2) is 60.7 Å². The fourth-order valence-electron chi connectivity index (χ4n) is 4.50. The standard InChI is InChI=1S/C23H26O3/c24-14-20-21(19-10-5-2-6-11-19)16-26-22(20)23(12-7-13-23)17-25-15-18-8-3-1-4-9-18/h1-6,8-11,14,20-22H,7,12-13,15-17H2/t20-,21-,22+/m1/s1. The number of rotatable bonds is 7. The fraction of sp³-hybridized carbons (Fsp3) is 0.435. The van der Waals surface area contributed by atoms with E-state index in [2.05, 4.69) is 24.3 Å². The predicted octanol–water partition coefficient (Wildman–Crippen LogP) is 4.37. The van der Waals surface area contributed by atoms with Gasteiger partial charge in [-0.3, -0.25) is 0 Å². The quantitative estimate of drug-likeness (QED) is 0.696. The van der Waals surface area contributed by atoms with Gasteiger partial charge >= 0.3 is 0 Å². The van der Waals surface area contributed by atoms with Gasteiger partial charge in [0, 0.05) is 11.3 Å². The number of ether oxygens (including phenoxy) is 2. The smallest absolute Gasteiger partial charge is 0.126 e. The average Bonchev–Trinajstić information content (AvgIpc) is 3.09. The lowest BCUT2D eigenvalue weighted by Gasteiger charge is -2.47. The van der Waals surface area contributed by atoms with Crippen molar-refractivity contribution in [3.63, 3.8) is 0 Å². The molecule has 0 aromatic heterocycles. The molecule has 4 rings (SSSR count). The largest absolute Gasteiger partial charge is 0.376 e. The van der Waals surface area contributed by atoms with Crippen LogP contribution in [0.1, 0.15) is 36.3 Å². The summed E-state index contributed by atoms with van der Waals surface area (Å²) in [7, 11) is 0. The second kappa shape index (κ2) is 7.73.